The number of methoxy groups -OCH3 is 3. The monoisotopic (exact) mass is 1570 g/mol. The SMILES string of the molecule is C.CC(=O)OOC(C)=O.CC(=O)[O-].COc1nc(/C(N)=N/O)ccc1Br.COc1nc(/C(N)=N/OCC(=O)c2ccc(F)c(F)c2)ccc1Br.COc1nc(C2=NC(c3ccc(F)c(F)c3)CON2)ccc1Br.CP=S.O=C(CBr)c1ccc(F)c(F)c1.[B].[Na+]. The van der Waals surface area contributed by atoms with Crippen molar-refractivity contribution in [2.45, 2.75) is 34.2 Å². The first-order chi connectivity index (χ1) is 41.1. The Bertz CT molecular complexity index is 3420. The number of oxime groups is 2. The molecular weight excluding hydrogens is 1520 g/mol. The number of carbonyl (C=O) groups excluding carboxylic acids is 5. The van der Waals surface area contributed by atoms with Crippen molar-refractivity contribution in [3.8, 4) is 17.6 Å². The minimum atomic E-state index is -1.12. The van der Waals surface area contributed by atoms with Crippen molar-refractivity contribution >= 4 is 138 Å². The molecular formula is C53H53BBr4F6N9NaO14PS. The molecule has 1 aliphatic heterocycles. The summed E-state index contributed by atoms with van der Waals surface area (Å²) in [6.07, 6.45) is 0. The normalized spacial score (nSPS) is 11.6. The number of nitrogens with one attached hydrogen (secondary N) is 1. The van der Waals surface area contributed by atoms with Crippen LogP contribution < -0.4 is 65.8 Å². The van der Waals surface area contributed by atoms with Gasteiger partial charge in [0.2, 0.25) is 23.4 Å². The van der Waals surface area contributed by atoms with E-state index in [2.05, 4.69) is 121 Å². The largest absolute Gasteiger partial charge is 1.00 e. The van der Waals surface area contributed by atoms with Crippen LogP contribution in [0.2, 0.25) is 0 Å². The van der Waals surface area contributed by atoms with E-state index in [9.17, 15) is 45.5 Å². The third-order valence-corrected chi connectivity index (χ3v) is 11.5. The number of aliphatic imine (C=N–C) groups is 1. The summed E-state index contributed by atoms with van der Waals surface area (Å²) in [5, 5.41) is 23.8. The van der Waals surface area contributed by atoms with Crippen molar-refractivity contribution < 1.29 is 124 Å². The Morgan fingerprint density at radius 2 is 1.09 bits per heavy atom. The van der Waals surface area contributed by atoms with E-state index in [0.717, 1.165) is 70.6 Å². The van der Waals surface area contributed by atoms with Gasteiger partial charge in [0.05, 0.1) is 40.1 Å². The van der Waals surface area contributed by atoms with E-state index in [4.69, 9.17) is 50.5 Å². The third-order valence-electron chi connectivity index (χ3n) is 9.16. The Morgan fingerprint density at radius 1 is 0.689 bits per heavy atom. The van der Waals surface area contributed by atoms with Gasteiger partial charge in [0.15, 0.2) is 64.8 Å². The number of ketones is 2. The zero-order valence-electron chi connectivity index (χ0n) is 47.7. The number of amidine groups is 3. The van der Waals surface area contributed by atoms with Crippen molar-refractivity contribution in [2.75, 3.05) is 46.5 Å². The van der Waals surface area contributed by atoms with Crippen LogP contribution in [0.4, 0.5) is 26.3 Å². The molecule has 0 fully saturated rings. The van der Waals surface area contributed by atoms with E-state index in [1.165, 1.54) is 33.5 Å². The number of hydroxylamine groups is 1. The van der Waals surface area contributed by atoms with Gasteiger partial charge in [-0.15, -0.1) is 0 Å². The summed E-state index contributed by atoms with van der Waals surface area (Å²) in [6, 6.07) is 19.1. The predicted molar refractivity (Wildman–Crippen MR) is 331 cm³/mol. The van der Waals surface area contributed by atoms with E-state index in [-0.39, 0.29) is 91.6 Å². The first-order valence-electron chi connectivity index (χ1n) is 23.3. The Kier molecular flexibility index (Phi) is 46.0. The van der Waals surface area contributed by atoms with Gasteiger partial charge in [0, 0.05) is 39.4 Å². The summed E-state index contributed by atoms with van der Waals surface area (Å²) < 4.78 is 94.4. The molecule has 479 valence electrons. The standard InChI is InChI=1S/C15H12BrF2N3O3.C15H12BrF2N3O2.C8H5BrF2O.C7H8BrN3O2.C4H6O4.C2H4O2.CH3PS.CH4.B.Na/c1-23-15-9(16)3-5-12(20-15)14(19)21-24-7-13(22)8-2-4-10(17)11(18)6-8;1-22-15-9(16)3-5-12(20-15)14-19-13(7-23-21-14)8-2-4-10(17)11(18)6-8;9-4-8(12)5-1-2-6(10)7(11)3-5;1-13-7-4(8)2-3-5(10-7)6(9)11-12;1-3(5)7-8-4(2)6;1-2(3)4;1-2-3;;;/h2-6H,7H2,1H3,(H2,19,21);2-6,13H,7H2,1H3,(H,19,21);1-3H,4H2;2-3,12H,1H3,(H2,9,11);1-2H3;1H3,(H,3,4);1H3;1H4;;/q;;;;;;;;;+1/p-1. The molecule has 0 amide bonds. The van der Waals surface area contributed by atoms with Crippen LogP contribution in [0.3, 0.4) is 0 Å². The number of nitrogens with two attached hydrogens (primary N) is 2. The average molecular weight is 1570 g/mol. The number of pyridine rings is 3. The zero-order valence-corrected chi connectivity index (χ0v) is 57.7. The molecule has 3 aromatic heterocycles. The number of hydrogen-bond donors (Lipinski definition) is 4. The van der Waals surface area contributed by atoms with Crippen LogP contribution in [0, 0.1) is 34.9 Å². The van der Waals surface area contributed by atoms with Crippen molar-refractivity contribution in [1.82, 2.24) is 20.4 Å². The number of aliphatic carboxylic acids is 1. The fourth-order valence-corrected chi connectivity index (χ4v) is 6.88. The number of aromatic nitrogens is 3. The van der Waals surface area contributed by atoms with Crippen LogP contribution in [0.1, 0.15) is 77.6 Å². The number of rotatable bonds is 13. The summed E-state index contributed by atoms with van der Waals surface area (Å²) in [4.78, 5) is 85.9. The molecule has 6 N–H and O–H groups in total. The Morgan fingerprint density at radius 3 is 1.49 bits per heavy atom. The molecule has 0 bridgehead atoms. The second-order valence-corrected chi connectivity index (χ2v) is 20.0. The Balaban J connectivity index is -0.00000106. The topological polar surface area (TPSA) is 333 Å². The molecule has 1 unspecified atom stereocenters. The van der Waals surface area contributed by atoms with Crippen molar-refractivity contribution in [3.63, 3.8) is 0 Å². The van der Waals surface area contributed by atoms with Gasteiger partial charge in [-0.1, -0.05) is 51.5 Å². The van der Waals surface area contributed by atoms with Gasteiger partial charge in [0.1, 0.15) is 29.7 Å². The molecule has 1 atom stereocenters. The number of carbonyl (C=O) groups is 5. The zero-order chi connectivity index (χ0) is 65.9. The second-order valence-electron chi connectivity index (χ2n) is 15.4. The smallest absolute Gasteiger partial charge is 0.550 e. The molecule has 0 saturated carbocycles. The first-order valence-corrected chi connectivity index (χ1v) is 29.2. The second kappa shape index (κ2) is 47.3. The van der Waals surface area contributed by atoms with E-state index in [0.29, 0.717) is 53.8 Å². The fraction of sp³-hybridized carbons (Fsp3) is 0.226. The van der Waals surface area contributed by atoms with E-state index >= 15 is 0 Å². The van der Waals surface area contributed by atoms with E-state index in [1.807, 2.05) is 6.66 Å². The quantitative estimate of drug-likeness (QED) is 0.00933. The van der Waals surface area contributed by atoms with Crippen LogP contribution in [0.25, 0.3) is 0 Å². The molecule has 0 spiro atoms. The summed E-state index contributed by atoms with van der Waals surface area (Å²) in [5.74, 6) is -7.74. The van der Waals surface area contributed by atoms with Crippen LogP contribution in [0.5, 0.6) is 17.6 Å². The molecule has 3 aromatic carbocycles. The first kappa shape index (κ1) is 87.5. The maximum Gasteiger partial charge on any atom is 1.00 e. The summed E-state index contributed by atoms with van der Waals surface area (Å²) in [7, 11) is 5.44. The molecule has 0 saturated heterocycles. The van der Waals surface area contributed by atoms with E-state index in [1.54, 1.807) is 36.4 Å². The van der Waals surface area contributed by atoms with Gasteiger partial charge in [-0.2, -0.15) is 0 Å². The number of halogens is 10. The number of nitrogens with zero attached hydrogens (tertiary/aromatic N) is 6. The van der Waals surface area contributed by atoms with Gasteiger partial charge >= 0.3 is 41.5 Å². The molecule has 7 rings (SSSR count). The maximum absolute atomic E-state index is 13.4. The molecule has 6 aromatic rings. The van der Waals surface area contributed by atoms with Crippen molar-refractivity contribution in [2.24, 2.45) is 26.8 Å². The number of benzene rings is 3. The number of alkyl halides is 1. The maximum atomic E-state index is 13.4. The predicted octanol–water partition coefficient (Wildman–Crippen LogP) is 6.36. The molecule has 37 heteroatoms. The molecule has 90 heavy (non-hydrogen) atoms. The Labute approximate surface area is 576 Å². The van der Waals surface area contributed by atoms with E-state index < -0.39 is 71.2 Å². The summed E-state index contributed by atoms with van der Waals surface area (Å²) >= 11 is 17.1. The van der Waals surface area contributed by atoms with Crippen molar-refractivity contribution in [3.05, 3.63) is 173 Å². The number of hydrogen-bond acceptors (Lipinski definition) is 22. The van der Waals surface area contributed by atoms with Gasteiger partial charge in [-0.25, -0.2) is 66.1 Å². The van der Waals surface area contributed by atoms with Gasteiger partial charge in [-0.3, -0.25) is 19.4 Å². The molecule has 23 nitrogen and oxygen atoms in total. The summed E-state index contributed by atoms with van der Waals surface area (Å²) in [6.45, 7) is 4.88. The number of carboxylic acid groups (broad SMARTS) is 1. The molecule has 3 radical (unpaired) electrons. The minimum Gasteiger partial charge on any atom is -0.550 e. The molecule has 1 aliphatic rings. The number of Topliss-reactive ketones (excluding diaryl/α,β-unsaturated/α-hetero) is 2. The van der Waals surface area contributed by atoms with Crippen LogP contribution in [-0.4, -0.2) is 122 Å². The van der Waals surface area contributed by atoms with Gasteiger partial charge in [-0.05, 0) is 159 Å². The third kappa shape index (κ3) is 32.9. The van der Waals surface area contributed by atoms with Crippen LogP contribution in [-0.2, 0) is 45.6 Å². The number of carboxylic acids is 1. The minimum absolute atomic E-state index is 0. The van der Waals surface area contributed by atoms with Crippen LogP contribution >= 0.6 is 71.1 Å². The van der Waals surface area contributed by atoms with Crippen molar-refractivity contribution in [1.29, 1.82) is 0 Å². The summed E-state index contributed by atoms with van der Waals surface area (Å²) in [5.41, 5.74) is 15.5. The number of ether oxygens (including phenoxy) is 3. The van der Waals surface area contributed by atoms with Gasteiger partial charge < -0.3 is 45.6 Å². The fourth-order valence-electron chi connectivity index (χ4n) is 5.41. The average Bonchev–Trinajstić information content (AvgIpc) is 0.992. The molecule has 0 aliphatic carbocycles. The molecule has 4 heterocycles. The van der Waals surface area contributed by atoms with Gasteiger partial charge in [0.25, 0.3) is 0 Å². The van der Waals surface area contributed by atoms with Crippen LogP contribution in [0.15, 0.2) is 120 Å². The Hall–Kier alpha value is -6.69.